The van der Waals surface area contributed by atoms with Crippen LogP contribution in [0.25, 0.3) is 10.2 Å². The first-order valence-corrected chi connectivity index (χ1v) is 8.96. The third kappa shape index (κ3) is 3.99. The van der Waals surface area contributed by atoms with Gasteiger partial charge in [-0.3, -0.25) is 9.36 Å². The molecule has 0 bridgehead atoms. The summed E-state index contributed by atoms with van der Waals surface area (Å²) < 4.78 is 6.89. The molecule has 5 nitrogen and oxygen atoms in total. The fraction of sp³-hybridized carbons (Fsp3) is 0.588. The van der Waals surface area contributed by atoms with Crippen LogP contribution in [0.4, 0.5) is 0 Å². The molecule has 0 unspecified atom stereocenters. The summed E-state index contributed by atoms with van der Waals surface area (Å²) in [6, 6.07) is 0. The lowest BCUT2D eigenvalue weighted by atomic mass is 10.2. The largest absolute Gasteiger partial charge is 0.459 e. The summed E-state index contributed by atoms with van der Waals surface area (Å²) >= 11 is 1.23. The highest BCUT2D eigenvalue weighted by molar-refractivity contribution is 7.20. The molecule has 0 amide bonds. The molecule has 23 heavy (non-hydrogen) atoms. The number of esters is 1. The van der Waals surface area contributed by atoms with E-state index in [-0.39, 0.29) is 17.6 Å². The van der Waals surface area contributed by atoms with Crippen molar-refractivity contribution < 1.29 is 9.53 Å². The Morgan fingerprint density at radius 3 is 2.74 bits per heavy atom. The van der Waals surface area contributed by atoms with Crippen LogP contribution in [0.5, 0.6) is 0 Å². The molecule has 0 atom stereocenters. The van der Waals surface area contributed by atoms with Crippen molar-refractivity contribution in [3.8, 4) is 0 Å². The highest BCUT2D eigenvalue weighted by Gasteiger charge is 2.21. The topological polar surface area (TPSA) is 61.2 Å². The summed E-state index contributed by atoms with van der Waals surface area (Å²) in [5.74, 6) is -0.380. The Morgan fingerprint density at radius 2 is 2.09 bits per heavy atom. The summed E-state index contributed by atoms with van der Waals surface area (Å²) in [4.78, 5) is 30.2. The molecule has 2 rings (SSSR count). The van der Waals surface area contributed by atoms with Crippen molar-refractivity contribution in [1.29, 1.82) is 0 Å². The molecule has 2 heterocycles. The lowest BCUT2D eigenvalue weighted by Gasteiger charge is -2.06. The van der Waals surface area contributed by atoms with E-state index in [1.165, 1.54) is 17.8 Å². The van der Waals surface area contributed by atoms with E-state index in [1.807, 2.05) is 13.8 Å². The zero-order valence-electron chi connectivity index (χ0n) is 14.2. The van der Waals surface area contributed by atoms with E-state index in [2.05, 4.69) is 11.9 Å². The molecular weight excluding hydrogens is 312 g/mol. The van der Waals surface area contributed by atoms with Gasteiger partial charge in [-0.25, -0.2) is 9.78 Å². The minimum atomic E-state index is -0.380. The number of aryl methyl sites for hydroxylation is 2. The lowest BCUT2D eigenvalue weighted by molar-refractivity contribution is 0.0383. The van der Waals surface area contributed by atoms with E-state index in [0.29, 0.717) is 27.2 Å². The van der Waals surface area contributed by atoms with Crippen LogP contribution in [0, 0.1) is 6.92 Å². The molecule has 0 N–H and O–H groups in total. The van der Waals surface area contributed by atoms with Crippen LogP contribution in [0.3, 0.4) is 0 Å². The van der Waals surface area contributed by atoms with E-state index in [9.17, 15) is 9.59 Å². The fourth-order valence-electron chi connectivity index (χ4n) is 2.49. The maximum atomic E-state index is 12.6. The van der Waals surface area contributed by atoms with Crippen LogP contribution in [-0.4, -0.2) is 21.6 Å². The Hall–Kier alpha value is -1.69. The first kappa shape index (κ1) is 17.7. The molecule has 6 heteroatoms. The zero-order valence-corrected chi connectivity index (χ0v) is 15.0. The maximum Gasteiger partial charge on any atom is 0.348 e. The molecule has 0 saturated heterocycles. The average molecular weight is 336 g/mol. The lowest BCUT2D eigenvalue weighted by Crippen LogP contribution is -2.20. The normalized spacial score (nSPS) is 11.3. The molecule has 126 valence electrons. The van der Waals surface area contributed by atoms with Gasteiger partial charge >= 0.3 is 5.97 Å². The van der Waals surface area contributed by atoms with Crippen LogP contribution in [0.1, 0.15) is 61.7 Å². The maximum absolute atomic E-state index is 12.6. The van der Waals surface area contributed by atoms with Gasteiger partial charge in [-0.2, -0.15) is 0 Å². The van der Waals surface area contributed by atoms with Gasteiger partial charge in [-0.15, -0.1) is 11.3 Å². The van der Waals surface area contributed by atoms with E-state index < -0.39 is 0 Å². The molecule has 0 saturated carbocycles. The van der Waals surface area contributed by atoms with Crippen LogP contribution in [-0.2, 0) is 11.3 Å². The minimum absolute atomic E-state index is 0.0659. The molecule has 2 aromatic rings. The van der Waals surface area contributed by atoms with Gasteiger partial charge in [-0.1, -0.05) is 26.2 Å². The number of fused-ring (bicyclic) bond motifs is 1. The van der Waals surface area contributed by atoms with Crippen molar-refractivity contribution in [3.05, 3.63) is 27.1 Å². The summed E-state index contributed by atoms with van der Waals surface area (Å²) in [5.41, 5.74) is 0.611. The standard InChI is InChI=1S/C17H24N2O3S/c1-5-6-7-8-9-19-10-18-15-13(16(19)20)12(4)14(23-15)17(21)22-11(2)3/h10-11H,5-9H2,1-4H3. The predicted molar refractivity (Wildman–Crippen MR) is 93.3 cm³/mol. The van der Waals surface area contributed by atoms with Gasteiger partial charge in [0.25, 0.3) is 5.56 Å². The van der Waals surface area contributed by atoms with Gasteiger partial charge in [0.2, 0.25) is 0 Å². The van der Waals surface area contributed by atoms with E-state index in [1.54, 1.807) is 17.8 Å². The van der Waals surface area contributed by atoms with Crippen LogP contribution in [0.2, 0.25) is 0 Å². The monoisotopic (exact) mass is 336 g/mol. The molecular formula is C17H24N2O3S. The molecule has 0 aliphatic carbocycles. The average Bonchev–Trinajstić information content (AvgIpc) is 2.83. The van der Waals surface area contributed by atoms with Gasteiger partial charge < -0.3 is 4.74 Å². The van der Waals surface area contributed by atoms with Crippen LogP contribution in [0.15, 0.2) is 11.1 Å². The van der Waals surface area contributed by atoms with Crippen LogP contribution >= 0.6 is 11.3 Å². The van der Waals surface area contributed by atoms with Crippen molar-refractivity contribution in [2.75, 3.05) is 0 Å². The van der Waals surface area contributed by atoms with E-state index >= 15 is 0 Å². The molecule has 0 aliphatic rings. The third-order valence-corrected chi connectivity index (χ3v) is 4.88. The predicted octanol–water partition coefficient (Wildman–Crippen LogP) is 3.91. The number of carbonyl (C=O) groups is 1. The van der Waals surface area contributed by atoms with Crippen LogP contribution < -0.4 is 5.56 Å². The second-order valence-corrected chi connectivity index (χ2v) is 6.99. The van der Waals surface area contributed by atoms with Gasteiger partial charge in [0.15, 0.2) is 0 Å². The quantitative estimate of drug-likeness (QED) is 0.568. The number of unbranched alkanes of at least 4 members (excludes halogenated alkanes) is 3. The minimum Gasteiger partial charge on any atom is -0.459 e. The first-order chi connectivity index (χ1) is 11.0. The van der Waals surface area contributed by atoms with Crippen molar-refractivity contribution in [3.63, 3.8) is 0 Å². The number of hydrogen-bond acceptors (Lipinski definition) is 5. The van der Waals surface area contributed by atoms with Gasteiger partial charge in [0.05, 0.1) is 17.8 Å². The zero-order chi connectivity index (χ0) is 17.0. The number of hydrogen-bond donors (Lipinski definition) is 0. The van der Waals surface area contributed by atoms with E-state index in [0.717, 1.165) is 19.3 Å². The first-order valence-electron chi connectivity index (χ1n) is 8.15. The molecule has 0 aliphatic heterocycles. The fourth-order valence-corrected chi connectivity index (χ4v) is 3.51. The number of ether oxygens (including phenoxy) is 1. The summed E-state index contributed by atoms with van der Waals surface area (Å²) in [6.45, 7) is 8.24. The molecule has 0 fully saturated rings. The third-order valence-electron chi connectivity index (χ3n) is 3.70. The second-order valence-electron chi connectivity index (χ2n) is 5.99. The number of carbonyl (C=O) groups excluding carboxylic acids is 1. The molecule has 0 radical (unpaired) electrons. The number of nitrogens with zero attached hydrogens (tertiary/aromatic N) is 2. The number of aromatic nitrogens is 2. The Bertz CT molecular complexity index is 746. The summed E-state index contributed by atoms with van der Waals surface area (Å²) in [5, 5.41) is 0.545. The number of rotatable bonds is 7. The summed E-state index contributed by atoms with van der Waals surface area (Å²) in [7, 11) is 0. The van der Waals surface area contributed by atoms with Crippen molar-refractivity contribution in [1.82, 2.24) is 9.55 Å². The second kappa shape index (κ2) is 7.73. The Morgan fingerprint density at radius 1 is 1.35 bits per heavy atom. The van der Waals surface area contributed by atoms with Gasteiger partial charge in [0.1, 0.15) is 9.71 Å². The SMILES string of the molecule is CCCCCCn1cnc2sc(C(=O)OC(C)C)c(C)c2c1=O. The van der Waals surface area contributed by atoms with Crippen molar-refractivity contribution in [2.45, 2.75) is 66.0 Å². The van der Waals surface area contributed by atoms with Gasteiger partial charge in [-0.05, 0) is 32.8 Å². The molecule has 0 aromatic carbocycles. The van der Waals surface area contributed by atoms with Crippen molar-refractivity contribution >= 4 is 27.5 Å². The highest BCUT2D eigenvalue weighted by Crippen LogP contribution is 2.27. The Labute approximate surface area is 140 Å². The Balaban J connectivity index is 2.32. The highest BCUT2D eigenvalue weighted by atomic mass is 32.1. The number of thiophene rings is 1. The smallest absolute Gasteiger partial charge is 0.348 e. The Kier molecular flexibility index (Phi) is 5.93. The molecule has 0 spiro atoms. The van der Waals surface area contributed by atoms with E-state index in [4.69, 9.17) is 4.74 Å². The van der Waals surface area contributed by atoms with Crippen molar-refractivity contribution in [2.24, 2.45) is 0 Å². The van der Waals surface area contributed by atoms with Gasteiger partial charge in [0, 0.05) is 6.54 Å². The molecule has 2 aromatic heterocycles. The summed E-state index contributed by atoms with van der Waals surface area (Å²) in [6.07, 6.45) is 5.81.